The van der Waals surface area contributed by atoms with Crippen LogP contribution in [0.15, 0.2) is 11.4 Å². The number of hydrogen-bond acceptors (Lipinski definition) is 4. The molecule has 0 spiro atoms. The Morgan fingerprint density at radius 2 is 2.12 bits per heavy atom. The number of allylic oxidation sites excluding steroid dienone is 2. The molecule has 0 saturated carbocycles. The Bertz CT molecular complexity index is 294. The van der Waals surface area contributed by atoms with E-state index >= 15 is 0 Å². The van der Waals surface area contributed by atoms with Gasteiger partial charge in [-0.15, -0.1) is 0 Å². The van der Waals surface area contributed by atoms with Gasteiger partial charge >= 0.3 is 0 Å². The molecule has 1 aliphatic rings. The summed E-state index contributed by atoms with van der Waals surface area (Å²) >= 11 is 0. The van der Waals surface area contributed by atoms with Gasteiger partial charge in [-0.2, -0.15) is 8.78 Å². The third-order valence-corrected chi connectivity index (χ3v) is 3.13. The van der Waals surface area contributed by atoms with Gasteiger partial charge in [-0.25, -0.2) is 5.84 Å². The zero-order valence-corrected chi connectivity index (χ0v) is 10.4. The Labute approximate surface area is 101 Å². The molecule has 17 heavy (non-hydrogen) atoms. The minimum Gasteiger partial charge on any atom is -0.400 e. The first-order valence-electron chi connectivity index (χ1n) is 5.84. The van der Waals surface area contributed by atoms with E-state index in [2.05, 4.69) is 0 Å². The molecule has 1 aliphatic carbocycles. The van der Waals surface area contributed by atoms with Crippen molar-refractivity contribution in [2.45, 2.75) is 44.6 Å². The van der Waals surface area contributed by atoms with E-state index in [0.29, 0.717) is 25.8 Å². The summed E-state index contributed by atoms with van der Waals surface area (Å²) < 4.78 is 33.1. The van der Waals surface area contributed by atoms with Crippen molar-refractivity contribution in [3.05, 3.63) is 11.4 Å². The fraction of sp³-hybridized carbons (Fsp3) is 0.818. The van der Waals surface area contributed by atoms with Crippen molar-refractivity contribution in [2.75, 3.05) is 13.7 Å². The smallest absolute Gasteiger partial charge is 0.290 e. The molecular weight excluding hydrogens is 228 g/mol. The summed E-state index contributed by atoms with van der Waals surface area (Å²) in [5, 5.41) is 1.04. The molecule has 1 atom stereocenters. The predicted molar refractivity (Wildman–Crippen MR) is 62.0 cm³/mol. The molecule has 0 aliphatic heterocycles. The summed E-state index contributed by atoms with van der Waals surface area (Å²) in [6.07, 6.45) is 0.915. The van der Waals surface area contributed by atoms with Gasteiger partial charge in [-0.05, 0) is 26.2 Å². The van der Waals surface area contributed by atoms with Crippen molar-refractivity contribution < 1.29 is 13.5 Å². The standard InChI is InChI=1S/C11H21F2N3O/c1-3-16(15)10-9(14)5-4-8(17-2)6-7-11(10,12)13/h8H,3-7,14-15H2,1-2H3/b10-9-. The molecule has 0 aromatic heterocycles. The molecule has 4 nitrogen and oxygen atoms in total. The van der Waals surface area contributed by atoms with Crippen molar-refractivity contribution >= 4 is 0 Å². The molecule has 4 N–H and O–H groups in total. The highest BCUT2D eigenvalue weighted by Gasteiger charge is 2.40. The van der Waals surface area contributed by atoms with Crippen molar-refractivity contribution in [3.63, 3.8) is 0 Å². The lowest BCUT2D eigenvalue weighted by Gasteiger charge is -2.32. The summed E-state index contributed by atoms with van der Waals surface area (Å²) in [6.45, 7) is 2.02. The number of rotatable bonds is 3. The average Bonchev–Trinajstić information content (AvgIpc) is 2.27. The maximum atomic E-state index is 14.0. The largest absolute Gasteiger partial charge is 0.400 e. The third-order valence-electron chi connectivity index (χ3n) is 3.13. The van der Waals surface area contributed by atoms with E-state index in [1.165, 1.54) is 7.11 Å². The van der Waals surface area contributed by atoms with E-state index in [9.17, 15) is 8.78 Å². The fourth-order valence-electron chi connectivity index (χ4n) is 2.06. The van der Waals surface area contributed by atoms with Crippen LogP contribution in [0.1, 0.15) is 32.6 Å². The van der Waals surface area contributed by atoms with E-state index in [0.717, 1.165) is 5.01 Å². The second kappa shape index (κ2) is 5.64. The number of alkyl halides is 2. The van der Waals surface area contributed by atoms with Crippen molar-refractivity contribution in [1.29, 1.82) is 0 Å². The van der Waals surface area contributed by atoms with Crippen molar-refractivity contribution in [1.82, 2.24) is 5.01 Å². The molecule has 0 aromatic rings. The summed E-state index contributed by atoms with van der Waals surface area (Å²) in [6, 6.07) is 0. The van der Waals surface area contributed by atoms with Crippen molar-refractivity contribution in [3.8, 4) is 0 Å². The lowest BCUT2D eigenvalue weighted by molar-refractivity contribution is -0.0222. The van der Waals surface area contributed by atoms with Crippen LogP contribution in [-0.2, 0) is 4.74 Å². The summed E-state index contributed by atoms with van der Waals surface area (Å²) in [5.41, 5.74) is 5.68. The van der Waals surface area contributed by atoms with Gasteiger partial charge in [-0.1, -0.05) is 0 Å². The summed E-state index contributed by atoms with van der Waals surface area (Å²) in [4.78, 5) is 0. The maximum absolute atomic E-state index is 14.0. The Hall–Kier alpha value is -0.880. The first kappa shape index (κ1) is 14.2. The topological polar surface area (TPSA) is 64.5 Å². The van der Waals surface area contributed by atoms with Gasteiger partial charge in [0, 0.05) is 25.8 Å². The lowest BCUT2D eigenvalue weighted by atomic mass is 9.96. The van der Waals surface area contributed by atoms with E-state index in [1.54, 1.807) is 6.92 Å². The highest BCUT2D eigenvalue weighted by molar-refractivity contribution is 5.18. The monoisotopic (exact) mass is 249 g/mol. The number of hydrogen-bond donors (Lipinski definition) is 2. The Morgan fingerprint density at radius 1 is 1.47 bits per heavy atom. The number of nitrogens with two attached hydrogens (primary N) is 2. The maximum Gasteiger partial charge on any atom is 0.290 e. The number of hydrazine groups is 1. The number of methoxy groups -OCH3 is 1. The zero-order chi connectivity index (χ0) is 13.1. The third kappa shape index (κ3) is 3.29. The Morgan fingerprint density at radius 3 is 2.65 bits per heavy atom. The number of halogens is 2. The minimum absolute atomic E-state index is 0.158. The SMILES string of the molecule is CCN(N)/C1=C(\N)CCC(OC)CCC1(F)F. The summed E-state index contributed by atoms with van der Waals surface area (Å²) in [7, 11) is 1.53. The molecule has 0 amide bonds. The van der Waals surface area contributed by atoms with Gasteiger partial charge in [0.2, 0.25) is 0 Å². The number of nitrogens with zero attached hydrogens (tertiary/aromatic N) is 1. The molecule has 0 radical (unpaired) electrons. The lowest BCUT2D eigenvalue weighted by Crippen LogP contribution is -2.42. The van der Waals surface area contributed by atoms with Gasteiger partial charge in [0.25, 0.3) is 5.92 Å². The fourth-order valence-corrected chi connectivity index (χ4v) is 2.06. The molecule has 0 heterocycles. The highest BCUT2D eigenvalue weighted by Crippen LogP contribution is 2.35. The van der Waals surface area contributed by atoms with Gasteiger partial charge in [0.1, 0.15) is 5.70 Å². The first-order chi connectivity index (χ1) is 7.92. The molecule has 1 rings (SSSR count). The second-order valence-electron chi connectivity index (χ2n) is 4.30. The van der Waals surface area contributed by atoms with Crippen LogP contribution in [0.4, 0.5) is 8.78 Å². The quantitative estimate of drug-likeness (QED) is 0.588. The molecule has 0 bridgehead atoms. The highest BCUT2D eigenvalue weighted by atomic mass is 19.3. The van der Waals surface area contributed by atoms with Gasteiger partial charge in [0.15, 0.2) is 0 Å². The second-order valence-corrected chi connectivity index (χ2v) is 4.30. The zero-order valence-electron chi connectivity index (χ0n) is 10.4. The van der Waals surface area contributed by atoms with Crippen LogP contribution in [-0.4, -0.2) is 30.7 Å². The van der Waals surface area contributed by atoms with Crippen LogP contribution in [0.3, 0.4) is 0 Å². The average molecular weight is 249 g/mol. The van der Waals surface area contributed by atoms with Crippen LogP contribution in [0.5, 0.6) is 0 Å². The van der Waals surface area contributed by atoms with Crippen molar-refractivity contribution in [2.24, 2.45) is 11.6 Å². The molecule has 100 valence electrons. The molecular formula is C11H21F2N3O. The minimum atomic E-state index is -2.98. The summed E-state index contributed by atoms with van der Waals surface area (Å²) in [5.74, 6) is 2.61. The van der Waals surface area contributed by atoms with E-state index in [1.807, 2.05) is 0 Å². The normalized spacial score (nSPS) is 29.6. The van der Waals surface area contributed by atoms with Gasteiger partial charge < -0.3 is 15.5 Å². The Kier molecular flexibility index (Phi) is 4.70. The first-order valence-corrected chi connectivity index (χ1v) is 5.84. The molecule has 0 fully saturated rings. The number of ether oxygens (including phenoxy) is 1. The van der Waals surface area contributed by atoms with E-state index < -0.39 is 5.92 Å². The van der Waals surface area contributed by atoms with E-state index in [-0.39, 0.29) is 23.9 Å². The van der Waals surface area contributed by atoms with Crippen LogP contribution >= 0.6 is 0 Å². The molecule has 0 saturated heterocycles. The predicted octanol–water partition coefficient (Wildman–Crippen LogP) is 1.58. The van der Waals surface area contributed by atoms with Crippen LogP contribution in [0.2, 0.25) is 0 Å². The van der Waals surface area contributed by atoms with Crippen LogP contribution in [0.25, 0.3) is 0 Å². The molecule has 6 heteroatoms. The van der Waals surface area contributed by atoms with Gasteiger partial charge in [-0.3, -0.25) is 0 Å². The molecule has 1 unspecified atom stereocenters. The van der Waals surface area contributed by atoms with Gasteiger partial charge in [0.05, 0.1) is 6.10 Å². The Balaban J connectivity index is 2.99. The van der Waals surface area contributed by atoms with Crippen LogP contribution < -0.4 is 11.6 Å². The molecule has 0 aromatic carbocycles. The van der Waals surface area contributed by atoms with Crippen LogP contribution in [0, 0.1) is 0 Å². The van der Waals surface area contributed by atoms with E-state index in [4.69, 9.17) is 16.3 Å².